The molecule has 5 heteroatoms. The van der Waals surface area contributed by atoms with Gasteiger partial charge in [-0.25, -0.2) is 10.4 Å². The van der Waals surface area contributed by atoms with Crippen LogP contribution in [0.4, 0.5) is 5.95 Å². The summed E-state index contributed by atoms with van der Waals surface area (Å²) in [6.45, 7) is 1.92. The Hall–Kier alpha value is -2.82. The molecule has 0 saturated heterocycles. The summed E-state index contributed by atoms with van der Waals surface area (Å²) in [7, 11) is 1.65. The summed E-state index contributed by atoms with van der Waals surface area (Å²) in [5.74, 6) is 1.41. The van der Waals surface area contributed by atoms with Gasteiger partial charge in [0.05, 0.1) is 23.9 Å². The Labute approximate surface area is 122 Å². The maximum Gasteiger partial charge on any atom is 0.222 e. The Morgan fingerprint density at radius 1 is 1.14 bits per heavy atom. The van der Waals surface area contributed by atoms with Crippen molar-refractivity contribution >= 4 is 22.7 Å². The van der Waals surface area contributed by atoms with Gasteiger partial charge in [0.2, 0.25) is 5.95 Å². The molecule has 1 heterocycles. The number of ether oxygens (including phenoxy) is 1. The molecule has 2 N–H and O–H groups in total. The zero-order valence-electron chi connectivity index (χ0n) is 11.9. The lowest BCUT2D eigenvalue weighted by Gasteiger charge is -2.07. The van der Waals surface area contributed by atoms with Crippen LogP contribution in [0.25, 0.3) is 11.0 Å². The van der Waals surface area contributed by atoms with Gasteiger partial charge < -0.3 is 9.72 Å². The molecular weight excluding hydrogens is 264 g/mol. The molecule has 0 atom stereocenters. The van der Waals surface area contributed by atoms with E-state index in [9.17, 15) is 0 Å². The van der Waals surface area contributed by atoms with Crippen LogP contribution in [0.15, 0.2) is 53.6 Å². The van der Waals surface area contributed by atoms with Gasteiger partial charge in [-0.2, -0.15) is 5.10 Å². The Morgan fingerprint density at radius 3 is 2.71 bits per heavy atom. The molecular formula is C16H16N4O. The quantitative estimate of drug-likeness (QED) is 0.568. The van der Waals surface area contributed by atoms with Gasteiger partial charge in [0.25, 0.3) is 0 Å². The number of rotatable bonds is 4. The molecule has 21 heavy (non-hydrogen) atoms. The van der Waals surface area contributed by atoms with Crippen molar-refractivity contribution in [3.05, 3.63) is 54.1 Å². The average Bonchev–Trinajstić information content (AvgIpc) is 2.95. The number of hydrogen-bond acceptors (Lipinski definition) is 4. The van der Waals surface area contributed by atoms with Gasteiger partial charge in [-0.15, -0.1) is 0 Å². The van der Waals surface area contributed by atoms with Crippen LogP contribution in [0.2, 0.25) is 0 Å². The van der Waals surface area contributed by atoms with Crippen molar-refractivity contribution in [1.29, 1.82) is 0 Å². The molecule has 0 fully saturated rings. The summed E-state index contributed by atoms with van der Waals surface area (Å²) < 4.78 is 5.33. The van der Waals surface area contributed by atoms with Crippen molar-refractivity contribution < 1.29 is 4.74 Å². The third-order valence-corrected chi connectivity index (χ3v) is 3.22. The summed E-state index contributed by atoms with van der Waals surface area (Å²) in [5.41, 5.74) is 6.61. The van der Waals surface area contributed by atoms with Gasteiger partial charge in [-0.05, 0) is 31.2 Å². The van der Waals surface area contributed by atoms with Gasteiger partial charge in [0, 0.05) is 5.56 Å². The van der Waals surface area contributed by atoms with Gasteiger partial charge in [-0.1, -0.05) is 24.3 Å². The van der Waals surface area contributed by atoms with Crippen molar-refractivity contribution in [3.63, 3.8) is 0 Å². The second-order valence-electron chi connectivity index (χ2n) is 4.61. The van der Waals surface area contributed by atoms with Crippen molar-refractivity contribution in [2.75, 3.05) is 12.5 Å². The molecule has 0 bridgehead atoms. The highest BCUT2D eigenvalue weighted by molar-refractivity contribution is 6.01. The van der Waals surface area contributed by atoms with Crippen LogP contribution in [-0.2, 0) is 0 Å². The van der Waals surface area contributed by atoms with E-state index >= 15 is 0 Å². The molecule has 0 aliphatic heterocycles. The van der Waals surface area contributed by atoms with Crippen LogP contribution < -0.4 is 10.2 Å². The highest BCUT2D eigenvalue weighted by Crippen LogP contribution is 2.18. The van der Waals surface area contributed by atoms with E-state index in [1.54, 1.807) is 7.11 Å². The maximum atomic E-state index is 5.33. The van der Waals surface area contributed by atoms with E-state index in [-0.39, 0.29) is 0 Å². The van der Waals surface area contributed by atoms with Gasteiger partial charge in [0.15, 0.2) is 0 Å². The zero-order chi connectivity index (χ0) is 14.7. The Kier molecular flexibility index (Phi) is 3.55. The second-order valence-corrected chi connectivity index (χ2v) is 4.61. The minimum absolute atomic E-state index is 0.616. The minimum Gasteiger partial charge on any atom is -0.496 e. The molecule has 5 nitrogen and oxygen atoms in total. The number of methoxy groups -OCH3 is 1. The number of anilines is 1. The van der Waals surface area contributed by atoms with Crippen molar-refractivity contribution in [3.8, 4) is 5.75 Å². The average molecular weight is 280 g/mol. The summed E-state index contributed by atoms with van der Waals surface area (Å²) in [6, 6.07) is 15.6. The lowest BCUT2D eigenvalue weighted by Crippen LogP contribution is -2.02. The lowest BCUT2D eigenvalue weighted by molar-refractivity contribution is 0.414. The molecule has 3 rings (SSSR count). The zero-order valence-corrected chi connectivity index (χ0v) is 11.9. The SMILES string of the molecule is COc1ccccc1/C(C)=N\Nc1nc2ccccc2[nH]1. The van der Waals surface area contributed by atoms with E-state index in [1.807, 2.05) is 55.5 Å². The number of imidazole rings is 1. The highest BCUT2D eigenvalue weighted by atomic mass is 16.5. The molecule has 0 radical (unpaired) electrons. The first-order valence-corrected chi connectivity index (χ1v) is 6.66. The number of benzene rings is 2. The first-order chi connectivity index (χ1) is 10.3. The van der Waals surface area contributed by atoms with Crippen molar-refractivity contribution in [1.82, 2.24) is 9.97 Å². The molecule has 0 saturated carbocycles. The first kappa shape index (κ1) is 13.2. The Morgan fingerprint density at radius 2 is 1.90 bits per heavy atom. The van der Waals surface area contributed by atoms with Crippen LogP contribution in [0, 0.1) is 0 Å². The molecule has 106 valence electrons. The molecule has 2 aromatic carbocycles. The van der Waals surface area contributed by atoms with Crippen LogP contribution in [0.5, 0.6) is 5.75 Å². The van der Waals surface area contributed by atoms with E-state index in [0.29, 0.717) is 5.95 Å². The van der Waals surface area contributed by atoms with Crippen molar-refractivity contribution in [2.45, 2.75) is 6.92 Å². The number of aromatic amines is 1. The number of H-pyrrole nitrogens is 1. The van der Waals surface area contributed by atoms with E-state index < -0.39 is 0 Å². The van der Waals surface area contributed by atoms with Crippen LogP contribution in [0.3, 0.4) is 0 Å². The fourth-order valence-corrected chi connectivity index (χ4v) is 2.15. The predicted molar refractivity (Wildman–Crippen MR) is 84.9 cm³/mol. The highest BCUT2D eigenvalue weighted by Gasteiger charge is 2.05. The van der Waals surface area contributed by atoms with Crippen LogP contribution in [-0.4, -0.2) is 22.8 Å². The second kappa shape index (κ2) is 5.66. The summed E-state index contributed by atoms with van der Waals surface area (Å²) >= 11 is 0. The first-order valence-electron chi connectivity index (χ1n) is 6.66. The number of hydrogen-bond donors (Lipinski definition) is 2. The number of para-hydroxylation sites is 3. The smallest absolute Gasteiger partial charge is 0.222 e. The summed E-state index contributed by atoms with van der Waals surface area (Å²) in [6.07, 6.45) is 0. The fourth-order valence-electron chi connectivity index (χ4n) is 2.15. The molecule has 0 spiro atoms. The normalized spacial score (nSPS) is 11.6. The minimum atomic E-state index is 0.616. The number of nitrogens with one attached hydrogen (secondary N) is 2. The number of aromatic nitrogens is 2. The number of nitrogens with zero attached hydrogens (tertiary/aromatic N) is 2. The molecule has 0 amide bonds. The van der Waals surface area contributed by atoms with Gasteiger partial charge in [0.1, 0.15) is 5.75 Å². The monoisotopic (exact) mass is 280 g/mol. The lowest BCUT2D eigenvalue weighted by atomic mass is 10.1. The summed E-state index contributed by atoms with van der Waals surface area (Å²) in [4.78, 5) is 7.59. The predicted octanol–water partition coefficient (Wildman–Crippen LogP) is 3.41. The number of hydrazone groups is 1. The fraction of sp³-hybridized carbons (Fsp3) is 0.125. The van der Waals surface area contributed by atoms with Crippen molar-refractivity contribution in [2.24, 2.45) is 5.10 Å². The van der Waals surface area contributed by atoms with Crippen LogP contribution in [0.1, 0.15) is 12.5 Å². The van der Waals surface area contributed by atoms with E-state index in [4.69, 9.17) is 4.74 Å². The number of fused-ring (bicyclic) bond motifs is 1. The molecule has 0 aliphatic rings. The molecule has 1 aromatic heterocycles. The van der Waals surface area contributed by atoms with Crippen LogP contribution >= 0.6 is 0 Å². The molecule has 3 aromatic rings. The third kappa shape index (κ3) is 2.72. The Bertz CT molecular complexity index is 759. The maximum absolute atomic E-state index is 5.33. The largest absolute Gasteiger partial charge is 0.496 e. The van der Waals surface area contributed by atoms with Gasteiger partial charge in [-0.3, -0.25) is 0 Å². The van der Waals surface area contributed by atoms with E-state index in [0.717, 1.165) is 28.1 Å². The van der Waals surface area contributed by atoms with E-state index in [1.165, 1.54) is 0 Å². The standard InChI is InChI=1S/C16H16N4O/c1-11(12-7-3-6-10-15(12)21-2)19-20-16-17-13-8-4-5-9-14(13)18-16/h3-10H,1-2H3,(H2,17,18,20)/b19-11-. The van der Waals surface area contributed by atoms with E-state index in [2.05, 4.69) is 20.5 Å². The molecule has 0 unspecified atom stereocenters. The van der Waals surface area contributed by atoms with Gasteiger partial charge >= 0.3 is 0 Å². The Balaban J connectivity index is 1.84. The third-order valence-electron chi connectivity index (χ3n) is 3.22. The summed E-state index contributed by atoms with van der Waals surface area (Å²) in [5, 5.41) is 4.36. The molecule has 0 aliphatic carbocycles. The topological polar surface area (TPSA) is 62.3 Å².